The van der Waals surface area contributed by atoms with Gasteiger partial charge in [-0.25, -0.2) is 4.98 Å². The fourth-order valence-corrected chi connectivity index (χ4v) is 2.43. The van der Waals surface area contributed by atoms with Gasteiger partial charge >= 0.3 is 0 Å². The van der Waals surface area contributed by atoms with Crippen molar-refractivity contribution >= 4 is 0 Å². The summed E-state index contributed by atoms with van der Waals surface area (Å²) in [7, 11) is 0. The molecule has 90 valence electrons. The minimum absolute atomic E-state index is 0.143. The zero-order chi connectivity index (χ0) is 11.9. The fourth-order valence-electron chi connectivity index (χ4n) is 2.43. The molecule has 0 aliphatic carbocycles. The molecule has 0 amide bonds. The summed E-state index contributed by atoms with van der Waals surface area (Å²) in [6.45, 7) is 14.3. The Morgan fingerprint density at radius 2 is 2.00 bits per heavy atom. The zero-order valence-corrected chi connectivity index (χ0v) is 11.1. The van der Waals surface area contributed by atoms with Crippen molar-refractivity contribution in [2.75, 3.05) is 6.54 Å². The number of rotatable bonds is 1. The Kier molecular flexibility index (Phi) is 2.82. The first-order valence-corrected chi connectivity index (χ1v) is 6.21. The summed E-state index contributed by atoms with van der Waals surface area (Å²) in [4.78, 5) is 4.84. The molecule has 1 N–H and O–H groups in total. The summed E-state index contributed by atoms with van der Waals surface area (Å²) in [5.74, 6) is 1.76. The van der Waals surface area contributed by atoms with Crippen molar-refractivity contribution in [1.82, 2.24) is 14.9 Å². The second-order valence-electron chi connectivity index (χ2n) is 5.99. The van der Waals surface area contributed by atoms with Gasteiger partial charge in [0, 0.05) is 24.2 Å². The lowest BCUT2D eigenvalue weighted by atomic mass is 9.88. The molecule has 0 unspecified atom stereocenters. The van der Waals surface area contributed by atoms with E-state index in [4.69, 9.17) is 4.98 Å². The molecular weight excluding hydrogens is 198 g/mol. The molecule has 3 heteroatoms. The molecule has 1 aliphatic heterocycles. The average Bonchev–Trinajstić information content (AvgIpc) is 2.55. The van der Waals surface area contributed by atoms with Crippen molar-refractivity contribution in [1.29, 1.82) is 0 Å². The van der Waals surface area contributed by atoms with E-state index in [1.807, 2.05) is 0 Å². The zero-order valence-electron chi connectivity index (χ0n) is 11.1. The number of fused-ring (bicyclic) bond motifs is 1. The van der Waals surface area contributed by atoms with E-state index in [9.17, 15) is 0 Å². The Morgan fingerprint density at radius 3 is 2.56 bits per heavy atom. The van der Waals surface area contributed by atoms with E-state index < -0.39 is 0 Å². The maximum absolute atomic E-state index is 4.84. The lowest BCUT2D eigenvalue weighted by molar-refractivity contribution is 0.486. The van der Waals surface area contributed by atoms with Crippen molar-refractivity contribution in [3.63, 3.8) is 0 Å². The first kappa shape index (κ1) is 11.6. The fraction of sp³-hybridized carbons (Fsp3) is 0.769. The summed E-state index contributed by atoms with van der Waals surface area (Å²) in [6.07, 6.45) is 0. The third-order valence-corrected chi connectivity index (χ3v) is 3.14. The summed E-state index contributed by atoms with van der Waals surface area (Å²) in [5.41, 5.74) is 2.86. The maximum Gasteiger partial charge on any atom is 0.123 e. The summed E-state index contributed by atoms with van der Waals surface area (Å²) >= 11 is 0. The molecule has 0 spiro atoms. The first-order chi connectivity index (χ1) is 7.41. The van der Waals surface area contributed by atoms with Crippen LogP contribution < -0.4 is 5.32 Å². The number of nitrogens with zero attached hydrogens (tertiary/aromatic N) is 2. The molecule has 1 aromatic rings. The van der Waals surface area contributed by atoms with Gasteiger partial charge in [0.25, 0.3) is 0 Å². The van der Waals surface area contributed by atoms with E-state index in [1.165, 1.54) is 17.2 Å². The third kappa shape index (κ3) is 1.88. The average molecular weight is 221 g/mol. The SMILES string of the molecule is CC(C)c1c(C(C)(C)C)nc2n1CCNC2. The molecule has 0 fully saturated rings. The topological polar surface area (TPSA) is 29.9 Å². The lowest BCUT2D eigenvalue weighted by Crippen LogP contribution is -2.29. The molecule has 2 heterocycles. The maximum atomic E-state index is 4.84. The number of aromatic nitrogens is 2. The van der Waals surface area contributed by atoms with E-state index in [0.29, 0.717) is 5.92 Å². The Morgan fingerprint density at radius 1 is 1.31 bits per heavy atom. The molecule has 0 radical (unpaired) electrons. The van der Waals surface area contributed by atoms with Gasteiger partial charge in [0.1, 0.15) is 5.82 Å². The van der Waals surface area contributed by atoms with Gasteiger partial charge < -0.3 is 9.88 Å². The van der Waals surface area contributed by atoms with Crippen molar-refractivity contribution in [2.24, 2.45) is 0 Å². The van der Waals surface area contributed by atoms with Gasteiger partial charge in [-0.05, 0) is 5.92 Å². The normalized spacial score (nSPS) is 16.6. The van der Waals surface area contributed by atoms with Crippen LogP contribution in [0.25, 0.3) is 0 Å². The van der Waals surface area contributed by atoms with E-state index in [1.54, 1.807) is 0 Å². The number of hydrogen-bond acceptors (Lipinski definition) is 2. The third-order valence-electron chi connectivity index (χ3n) is 3.14. The Balaban J connectivity index is 2.56. The lowest BCUT2D eigenvalue weighted by Gasteiger charge is -2.22. The van der Waals surface area contributed by atoms with Crippen LogP contribution in [-0.4, -0.2) is 16.1 Å². The molecule has 16 heavy (non-hydrogen) atoms. The van der Waals surface area contributed by atoms with Crippen LogP contribution >= 0.6 is 0 Å². The van der Waals surface area contributed by atoms with E-state index in [-0.39, 0.29) is 5.41 Å². The molecule has 0 bridgehead atoms. The predicted octanol–water partition coefficient (Wildman–Crippen LogP) is 2.41. The Labute approximate surface area is 98.3 Å². The molecule has 0 atom stereocenters. The number of hydrogen-bond donors (Lipinski definition) is 1. The van der Waals surface area contributed by atoms with Crippen LogP contribution in [0.4, 0.5) is 0 Å². The van der Waals surface area contributed by atoms with Gasteiger partial charge in [-0.15, -0.1) is 0 Å². The quantitative estimate of drug-likeness (QED) is 0.789. The smallest absolute Gasteiger partial charge is 0.123 e. The standard InChI is InChI=1S/C13H23N3/c1-9(2)11-12(13(3,4)5)15-10-8-14-6-7-16(10)11/h9,14H,6-8H2,1-5H3. The Bertz CT molecular complexity index is 383. The van der Waals surface area contributed by atoms with Crippen molar-refractivity contribution in [3.8, 4) is 0 Å². The van der Waals surface area contributed by atoms with Crippen LogP contribution in [0.3, 0.4) is 0 Å². The second-order valence-corrected chi connectivity index (χ2v) is 5.99. The van der Waals surface area contributed by atoms with Crippen LogP contribution in [0.1, 0.15) is 57.7 Å². The van der Waals surface area contributed by atoms with Gasteiger partial charge in [-0.3, -0.25) is 0 Å². The highest BCUT2D eigenvalue weighted by Crippen LogP contribution is 2.31. The predicted molar refractivity (Wildman–Crippen MR) is 66.7 cm³/mol. The molecule has 2 rings (SSSR count). The van der Waals surface area contributed by atoms with Crippen molar-refractivity contribution < 1.29 is 0 Å². The second kappa shape index (κ2) is 3.88. The van der Waals surface area contributed by atoms with Crippen molar-refractivity contribution in [2.45, 2.75) is 59.0 Å². The molecule has 3 nitrogen and oxygen atoms in total. The van der Waals surface area contributed by atoms with E-state index in [0.717, 1.165) is 19.6 Å². The minimum atomic E-state index is 0.143. The molecule has 0 saturated carbocycles. The molecule has 1 aliphatic rings. The monoisotopic (exact) mass is 221 g/mol. The van der Waals surface area contributed by atoms with Crippen LogP contribution in [0, 0.1) is 0 Å². The highest BCUT2D eigenvalue weighted by Gasteiger charge is 2.28. The van der Waals surface area contributed by atoms with Crippen LogP contribution in [-0.2, 0) is 18.5 Å². The van der Waals surface area contributed by atoms with Gasteiger partial charge in [0.2, 0.25) is 0 Å². The largest absolute Gasteiger partial charge is 0.329 e. The van der Waals surface area contributed by atoms with Crippen LogP contribution in [0.5, 0.6) is 0 Å². The summed E-state index contributed by atoms with van der Waals surface area (Å²) < 4.78 is 2.42. The highest BCUT2D eigenvalue weighted by atomic mass is 15.2. The number of nitrogens with one attached hydrogen (secondary N) is 1. The van der Waals surface area contributed by atoms with Gasteiger partial charge in [0.05, 0.1) is 12.2 Å². The molecule has 0 aromatic carbocycles. The van der Waals surface area contributed by atoms with Gasteiger partial charge in [0.15, 0.2) is 0 Å². The molecular formula is C13H23N3. The summed E-state index contributed by atoms with van der Waals surface area (Å²) in [5, 5.41) is 3.39. The molecule has 0 saturated heterocycles. The van der Waals surface area contributed by atoms with Crippen molar-refractivity contribution in [3.05, 3.63) is 17.2 Å². The van der Waals surface area contributed by atoms with Crippen LogP contribution in [0.2, 0.25) is 0 Å². The summed E-state index contributed by atoms with van der Waals surface area (Å²) in [6, 6.07) is 0. The highest BCUT2D eigenvalue weighted by molar-refractivity contribution is 5.27. The van der Waals surface area contributed by atoms with Crippen LogP contribution in [0.15, 0.2) is 0 Å². The minimum Gasteiger partial charge on any atom is -0.329 e. The Hall–Kier alpha value is -0.830. The van der Waals surface area contributed by atoms with Gasteiger partial charge in [-0.1, -0.05) is 34.6 Å². The number of imidazole rings is 1. The first-order valence-electron chi connectivity index (χ1n) is 6.21. The molecule has 1 aromatic heterocycles. The van der Waals surface area contributed by atoms with E-state index >= 15 is 0 Å². The van der Waals surface area contributed by atoms with Gasteiger partial charge in [-0.2, -0.15) is 0 Å². The van der Waals surface area contributed by atoms with E-state index in [2.05, 4.69) is 44.5 Å².